The molecule has 0 bridgehead atoms. The second-order valence-corrected chi connectivity index (χ2v) is 6.31. The van der Waals surface area contributed by atoms with Gasteiger partial charge in [0.2, 0.25) is 0 Å². The van der Waals surface area contributed by atoms with Crippen molar-refractivity contribution in [2.45, 2.75) is 33.1 Å². The number of aliphatic imine (C=N–C) groups is 1. The van der Waals surface area contributed by atoms with E-state index in [0.29, 0.717) is 29.7 Å². The highest BCUT2D eigenvalue weighted by Gasteiger charge is 2.33. The first-order chi connectivity index (χ1) is 12.8. The minimum absolute atomic E-state index is 0. The van der Waals surface area contributed by atoms with Gasteiger partial charge in [0.25, 0.3) is 0 Å². The average Bonchev–Trinajstić information content (AvgIpc) is 3.09. The van der Waals surface area contributed by atoms with Gasteiger partial charge in [-0.2, -0.15) is 13.2 Å². The lowest BCUT2D eigenvalue weighted by molar-refractivity contribution is -0.140. The lowest BCUT2D eigenvalue weighted by Gasteiger charge is -2.10. The van der Waals surface area contributed by atoms with Crippen molar-refractivity contribution in [3.8, 4) is 5.75 Å². The van der Waals surface area contributed by atoms with Gasteiger partial charge in [-0.3, -0.25) is 0 Å². The van der Waals surface area contributed by atoms with Crippen molar-refractivity contribution in [1.29, 1.82) is 0 Å². The van der Waals surface area contributed by atoms with Crippen LogP contribution in [0.2, 0.25) is 0 Å². The van der Waals surface area contributed by atoms with Crippen molar-refractivity contribution in [3.05, 3.63) is 45.7 Å². The van der Waals surface area contributed by atoms with E-state index in [1.54, 1.807) is 13.0 Å². The van der Waals surface area contributed by atoms with Crippen LogP contribution in [0.5, 0.6) is 5.75 Å². The van der Waals surface area contributed by atoms with Gasteiger partial charge in [-0.1, -0.05) is 6.07 Å². The van der Waals surface area contributed by atoms with Crippen molar-refractivity contribution in [1.82, 2.24) is 15.6 Å². The molecule has 28 heavy (non-hydrogen) atoms. The van der Waals surface area contributed by atoms with Gasteiger partial charge in [-0.15, -0.1) is 35.3 Å². The van der Waals surface area contributed by atoms with Crippen LogP contribution in [0.4, 0.5) is 17.6 Å². The second kappa shape index (κ2) is 11.4. The van der Waals surface area contributed by atoms with Crippen molar-refractivity contribution in [2.24, 2.45) is 4.99 Å². The smallest absolute Gasteiger partial charge is 0.434 e. The largest absolute Gasteiger partial charge is 0.491 e. The summed E-state index contributed by atoms with van der Waals surface area (Å²) in [6.45, 7) is 4.87. The van der Waals surface area contributed by atoms with Gasteiger partial charge in [0, 0.05) is 11.9 Å². The molecule has 0 amide bonds. The number of aromatic nitrogens is 1. The summed E-state index contributed by atoms with van der Waals surface area (Å²) < 4.78 is 56.8. The molecule has 1 aromatic heterocycles. The lowest BCUT2D eigenvalue weighted by Crippen LogP contribution is -2.36. The minimum atomic E-state index is -4.45. The summed E-state index contributed by atoms with van der Waals surface area (Å²) in [6.07, 6.45) is -4.45. The molecular formula is C17H21F4IN4OS. The summed E-state index contributed by atoms with van der Waals surface area (Å²) in [5, 5.41) is 7.17. The molecule has 0 aliphatic carbocycles. The molecule has 0 fully saturated rings. The molecule has 0 spiro atoms. The molecule has 2 aromatic rings. The molecule has 2 rings (SSSR count). The van der Waals surface area contributed by atoms with Crippen LogP contribution in [0.25, 0.3) is 0 Å². The predicted octanol–water partition coefficient (Wildman–Crippen LogP) is 4.57. The van der Waals surface area contributed by atoms with E-state index in [1.165, 1.54) is 12.1 Å². The van der Waals surface area contributed by atoms with Gasteiger partial charge < -0.3 is 15.4 Å². The molecule has 1 aromatic carbocycles. The van der Waals surface area contributed by atoms with Crippen molar-refractivity contribution >= 4 is 41.3 Å². The number of guanidine groups is 1. The van der Waals surface area contributed by atoms with Crippen LogP contribution in [-0.2, 0) is 19.3 Å². The van der Waals surface area contributed by atoms with E-state index in [1.807, 2.05) is 6.92 Å². The van der Waals surface area contributed by atoms with Gasteiger partial charge in [-0.05, 0) is 31.5 Å². The third-order valence-corrected chi connectivity index (χ3v) is 4.16. The number of alkyl halides is 3. The Morgan fingerprint density at radius 2 is 2.00 bits per heavy atom. The predicted molar refractivity (Wildman–Crippen MR) is 112 cm³/mol. The second-order valence-electron chi connectivity index (χ2n) is 5.37. The molecule has 0 aliphatic rings. The zero-order valence-electron chi connectivity index (χ0n) is 15.3. The van der Waals surface area contributed by atoms with Crippen molar-refractivity contribution < 1.29 is 22.3 Å². The van der Waals surface area contributed by atoms with E-state index in [0.717, 1.165) is 16.7 Å². The molecule has 0 saturated heterocycles. The van der Waals surface area contributed by atoms with Crippen LogP contribution >= 0.6 is 35.3 Å². The lowest BCUT2D eigenvalue weighted by atomic mass is 10.2. The Balaban J connectivity index is 0.00000392. The Morgan fingerprint density at radius 3 is 2.57 bits per heavy atom. The summed E-state index contributed by atoms with van der Waals surface area (Å²) >= 11 is 0.919. The Hall–Kier alpha value is -1.63. The SMILES string of the molecule is CCNC(=NCc1ccc(OCC)c(F)c1)NCc1nc(C(F)(F)F)cs1.I. The Kier molecular flexibility index (Phi) is 9.93. The molecule has 0 radical (unpaired) electrons. The third kappa shape index (κ3) is 7.41. The van der Waals surface area contributed by atoms with Crippen molar-refractivity contribution in [3.63, 3.8) is 0 Å². The van der Waals surface area contributed by atoms with E-state index in [2.05, 4.69) is 20.6 Å². The molecule has 2 N–H and O–H groups in total. The Labute approximate surface area is 181 Å². The quantitative estimate of drug-likeness (QED) is 0.238. The first-order valence-electron chi connectivity index (χ1n) is 8.28. The highest BCUT2D eigenvalue weighted by molar-refractivity contribution is 14.0. The standard InChI is InChI=1S/C17H20F4N4OS.HI/c1-3-22-16(24-9-15-25-14(10-27-15)17(19,20)21)23-8-11-5-6-13(26-4-2)12(18)7-11;/h5-7,10H,3-4,8-9H2,1-2H3,(H2,22,23,24);1H. The monoisotopic (exact) mass is 532 g/mol. The summed E-state index contributed by atoms with van der Waals surface area (Å²) in [7, 11) is 0. The summed E-state index contributed by atoms with van der Waals surface area (Å²) in [4.78, 5) is 7.87. The molecular weight excluding hydrogens is 511 g/mol. The number of nitrogens with zero attached hydrogens (tertiary/aromatic N) is 2. The fourth-order valence-electron chi connectivity index (χ4n) is 2.11. The number of thiazole rings is 1. The highest BCUT2D eigenvalue weighted by Crippen LogP contribution is 2.29. The summed E-state index contributed by atoms with van der Waals surface area (Å²) in [6, 6.07) is 4.59. The molecule has 5 nitrogen and oxygen atoms in total. The number of hydrogen-bond acceptors (Lipinski definition) is 4. The highest BCUT2D eigenvalue weighted by atomic mass is 127. The first kappa shape index (κ1) is 24.4. The number of ether oxygens (including phenoxy) is 1. The molecule has 0 aliphatic heterocycles. The summed E-state index contributed by atoms with van der Waals surface area (Å²) in [5.41, 5.74) is -0.266. The number of benzene rings is 1. The van der Waals surface area contributed by atoms with Gasteiger partial charge in [0.05, 0.1) is 19.7 Å². The number of halogens is 5. The zero-order chi connectivity index (χ0) is 19.9. The molecule has 1 heterocycles. The van der Waals surface area contributed by atoms with E-state index in [4.69, 9.17) is 4.74 Å². The van der Waals surface area contributed by atoms with Gasteiger partial charge in [0.1, 0.15) is 5.01 Å². The first-order valence-corrected chi connectivity index (χ1v) is 9.16. The van der Waals surface area contributed by atoms with Gasteiger partial charge >= 0.3 is 6.18 Å². The number of rotatable bonds is 7. The maximum absolute atomic E-state index is 13.9. The van der Waals surface area contributed by atoms with Crippen LogP contribution in [0, 0.1) is 5.82 Å². The molecule has 0 unspecified atom stereocenters. The van der Waals surface area contributed by atoms with Crippen molar-refractivity contribution in [2.75, 3.05) is 13.2 Å². The van der Waals surface area contributed by atoms with E-state index in [9.17, 15) is 17.6 Å². The van der Waals surface area contributed by atoms with Crippen LogP contribution < -0.4 is 15.4 Å². The van der Waals surface area contributed by atoms with Crippen LogP contribution in [0.1, 0.15) is 30.1 Å². The zero-order valence-corrected chi connectivity index (χ0v) is 18.4. The average molecular weight is 532 g/mol. The van der Waals surface area contributed by atoms with Crippen LogP contribution in [0.3, 0.4) is 0 Å². The van der Waals surface area contributed by atoms with E-state index < -0.39 is 17.7 Å². The van der Waals surface area contributed by atoms with Crippen LogP contribution in [0.15, 0.2) is 28.6 Å². The molecule has 11 heteroatoms. The molecule has 0 saturated carbocycles. The Bertz CT molecular complexity index is 783. The van der Waals surface area contributed by atoms with Crippen LogP contribution in [-0.4, -0.2) is 24.1 Å². The van der Waals surface area contributed by atoms with E-state index in [-0.39, 0.29) is 42.8 Å². The Morgan fingerprint density at radius 1 is 1.25 bits per heavy atom. The maximum Gasteiger partial charge on any atom is 0.434 e. The fraction of sp³-hybridized carbons (Fsp3) is 0.412. The maximum atomic E-state index is 13.9. The number of nitrogens with one attached hydrogen (secondary N) is 2. The minimum Gasteiger partial charge on any atom is -0.491 e. The molecule has 156 valence electrons. The topological polar surface area (TPSA) is 58.5 Å². The normalized spacial score (nSPS) is 11.7. The summed E-state index contributed by atoms with van der Waals surface area (Å²) in [5.74, 6) is 0.111. The van der Waals surface area contributed by atoms with Gasteiger partial charge in [-0.25, -0.2) is 14.4 Å². The van der Waals surface area contributed by atoms with Gasteiger partial charge in [0.15, 0.2) is 23.2 Å². The molecule has 0 atom stereocenters. The fourth-order valence-corrected chi connectivity index (χ4v) is 2.85. The third-order valence-electron chi connectivity index (χ3n) is 3.31. The van der Waals surface area contributed by atoms with E-state index >= 15 is 0 Å². The number of hydrogen-bond donors (Lipinski definition) is 2.